The molecule has 15 heavy (non-hydrogen) atoms. The van der Waals surface area contributed by atoms with E-state index in [1.54, 1.807) is 0 Å². The molecule has 0 atom stereocenters. The Morgan fingerprint density at radius 1 is 0.667 bits per heavy atom. The standard InChI is InChI=1S/Al.Ca.Fe.2H2O4S.2O/c;;;2*1-5(2,3)4;;/h;;;2*(H2,1,2,3,4);;/q+3;+2;+3;;;2*-2/p-4. The van der Waals surface area contributed by atoms with Crippen LogP contribution in [-0.2, 0) is 48.8 Å². The van der Waals surface area contributed by atoms with Crippen molar-refractivity contribution in [3.63, 3.8) is 0 Å². The molecule has 0 spiro atoms. The molecule has 0 aliphatic rings. The summed E-state index contributed by atoms with van der Waals surface area (Å²) in [6.07, 6.45) is 0. The summed E-state index contributed by atoms with van der Waals surface area (Å²) in [4.78, 5) is 0. The zero-order valence-corrected chi connectivity index (χ0v) is 12.6. The van der Waals surface area contributed by atoms with Gasteiger partial charge in [0.25, 0.3) is 0 Å². The Hall–Kier alpha value is 1.97. The Balaban J connectivity index is -0.0000000128. The summed E-state index contributed by atoms with van der Waals surface area (Å²) in [6, 6.07) is 0. The summed E-state index contributed by atoms with van der Waals surface area (Å²) < 4.78 is 68.2. The van der Waals surface area contributed by atoms with Crippen LogP contribution in [0.3, 0.4) is 0 Å². The van der Waals surface area contributed by atoms with Crippen LogP contribution in [0.25, 0.3) is 0 Å². The van der Waals surface area contributed by atoms with Crippen molar-refractivity contribution in [2.45, 2.75) is 0 Å². The molecule has 0 aromatic carbocycles. The molecule has 0 unspecified atom stereocenters. The molecule has 0 saturated carbocycles. The number of rotatable bonds is 0. The van der Waals surface area contributed by atoms with E-state index in [0.717, 1.165) is 0 Å². The van der Waals surface area contributed by atoms with Gasteiger partial charge in [0.2, 0.25) is 0 Å². The van der Waals surface area contributed by atoms with Gasteiger partial charge in [-0.3, -0.25) is 16.8 Å². The van der Waals surface area contributed by atoms with Crippen LogP contribution in [-0.4, -0.2) is 90.1 Å². The van der Waals surface area contributed by atoms with E-state index in [1.165, 1.54) is 0 Å². The van der Waals surface area contributed by atoms with E-state index in [4.69, 9.17) is 35.0 Å². The van der Waals surface area contributed by atoms with Crippen molar-refractivity contribution in [3.05, 3.63) is 0 Å². The van der Waals surface area contributed by atoms with Crippen molar-refractivity contribution in [2.75, 3.05) is 0 Å². The fourth-order valence-corrected chi connectivity index (χ4v) is 0. The van der Waals surface area contributed by atoms with E-state index in [0.29, 0.717) is 0 Å². The van der Waals surface area contributed by atoms with Gasteiger partial charge in [-0.15, -0.1) is 0 Å². The molecular weight excluding hydrogens is 347 g/mol. The number of hydrogen-bond donors (Lipinski definition) is 0. The maximum absolute atomic E-state index is 8.52. The van der Waals surface area contributed by atoms with Crippen LogP contribution in [0.2, 0.25) is 0 Å². The SMILES string of the molecule is O=S(=O)([O-])[O-].O=S(=O)([O-])[O-].[Al+3].[Ca+2].[Fe+3].[O-2].[O-2]. The van der Waals surface area contributed by atoms with Gasteiger partial charge in [0.05, 0.1) is 0 Å². The molecule has 1 radical (unpaired) electrons. The van der Waals surface area contributed by atoms with Gasteiger partial charge in [-0.1, -0.05) is 0 Å². The molecular formula is AlCaFeO10S2. The predicted molar refractivity (Wildman–Crippen MR) is 33.8 cm³/mol. The summed E-state index contributed by atoms with van der Waals surface area (Å²) >= 11 is 0. The molecule has 0 saturated heterocycles. The molecule has 0 aromatic heterocycles. The van der Waals surface area contributed by atoms with Crippen molar-refractivity contribution in [2.24, 2.45) is 0 Å². The van der Waals surface area contributed by atoms with E-state index >= 15 is 0 Å². The van der Waals surface area contributed by atoms with Crippen LogP contribution in [0.15, 0.2) is 0 Å². The molecule has 0 N–H and O–H groups in total. The summed E-state index contributed by atoms with van der Waals surface area (Å²) in [5.74, 6) is 0. The summed E-state index contributed by atoms with van der Waals surface area (Å²) in [5.41, 5.74) is 0. The number of hydrogen-bond acceptors (Lipinski definition) is 8. The van der Waals surface area contributed by atoms with E-state index < -0.39 is 20.8 Å². The van der Waals surface area contributed by atoms with Crippen molar-refractivity contribution >= 4 is 75.9 Å². The zero-order chi connectivity index (χ0) is 9.00. The Labute approximate surface area is 137 Å². The molecule has 10 nitrogen and oxygen atoms in total. The topological polar surface area (TPSA) is 218 Å². The Morgan fingerprint density at radius 2 is 0.667 bits per heavy atom. The summed E-state index contributed by atoms with van der Waals surface area (Å²) in [7, 11) is -10.3. The first-order chi connectivity index (χ1) is 4.00. The third kappa shape index (κ3) is 802. The quantitative estimate of drug-likeness (QED) is 0.241. The average Bonchev–Trinajstić information content (AvgIpc) is 1.12. The minimum absolute atomic E-state index is 0. The van der Waals surface area contributed by atoms with Crippen molar-refractivity contribution < 1.29 is 63.1 Å². The third-order valence-electron chi connectivity index (χ3n) is 0. The van der Waals surface area contributed by atoms with Crippen LogP contribution >= 0.6 is 0 Å². The molecule has 15 heteroatoms. The van der Waals surface area contributed by atoms with Crippen molar-refractivity contribution in [1.82, 2.24) is 0 Å². The normalized spacial score (nSPS) is 7.73. The molecule has 0 heterocycles. The predicted octanol–water partition coefficient (Wildman–Crippen LogP) is -3.68. The first-order valence-electron chi connectivity index (χ1n) is 1.33. The molecule has 0 bridgehead atoms. The molecule has 0 fully saturated rings. The van der Waals surface area contributed by atoms with Gasteiger partial charge in [0.15, 0.2) is 0 Å². The van der Waals surface area contributed by atoms with Crippen LogP contribution < -0.4 is 0 Å². The smallest absolute Gasteiger partial charge is 2.00 e. The molecule has 0 rings (SSSR count). The van der Waals surface area contributed by atoms with Crippen LogP contribution in [0.1, 0.15) is 0 Å². The average molecular weight is 347 g/mol. The Morgan fingerprint density at radius 3 is 0.667 bits per heavy atom. The van der Waals surface area contributed by atoms with Gasteiger partial charge in [-0.2, -0.15) is 0 Å². The van der Waals surface area contributed by atoms with Gasteiger partial charge in [0, 0.05) is 20.8 Å². The third-order valence-corrected chi connectivity index (χ3v) is 0. The zero-order valence-electron chi connectivity index (χ0n) is 6.54. The fraction of sp³-hybridized carbons (Fsp3) is 0. The van der Waals surface area contributed by atoms with E-state index in [1.807, 2.05) is 0 Å². The minimum Gasteiger partial charge on any atom is -2.00 e. The summed E-state index contributed by atoms with van der Waals surface area (Å²) in [5, 5.41) is 0. The van der Waals surface area contributed by atoms with Crippen molar-refractivity contribution in [1.29, 1.82) is 0 Å². The first kappa shape index (κ1) is 43.5. The van der Waals surface area contributed by atoms with E-state index in [-0.39, 0.29) is 83.1 Å². The monoisotopic (exact) mass is 347 g/mol. The second kappa shape index (κ2) is 18.3. The largest absolute Gasteiger partial charge is 3.00 e. The molecule has 85 valence electrons. The van der Waals surface area contributed by atoms with E-state index in [2.05, 4.69) is 0 Å². The molecule has 0 aliphatic heterocycles. The second-order valence-corrected chi connectivity index (χ2v) is 2.45. The maximum atomic E-state index is 8.52. The first-order valence-corrected chi connectivity index (χ1v) is 4.00. The summed E-state index contributed by atoms with van der Waals surface area (Å²) in [6.45, 7) is 0. The Kier molecular flexibility index (Phi) is 53.2. The van der Waals surface area contributed by atoms with Gasteiger partial charge < -0.3 is 29.2 Å². The fourth-order valence-electron chi connectivity index (χ4n) is 0. The minimum atomic E-state index is -5.17. The molecule has 0 aromatic rings. The van der Waals surface area contributed by atoms with Crippen LogP contribution in [0.4, 0.5) is 0 Å². The van der Waals surface area contributed by atoms with Gasteiger partial charge >= 0.3 is 72.2 Å². The van der Waals surface area contributed by atoms with Crippen LogP contribution in [0.5, 0.6) is 0 Å². The maximum Gasteiger partial charge on any atom is 3.00 e. The van der Waals surface area contributed by atoms with Gasteiger partial charge in [-0.05, 0) is 0 Å². The van der Waals surface area contributed by atoms with Crippen molar-refractivity contribution in [3.8, 4) is 0 Å². The second-order valence-electron chi connectivity index (χ2n) is 0.816. The van der Waals surface area contributed by atoms with Gasteiger partial charge in [0.1, 0.15) is 0 Å². The Bertz CT molecular complexity index is 220. The molecule has 0 amide bonds. The van der Waals surface area contributed by atoms with E-state index in [9.17, 15) is 0 Å². The van der Waals surface area contributed by atoms with Gasteiger partial charge in [-0.25, -0.2) is 0 Å². The molecule has 0 aliphatic carbocycles. The van der Waals surface area contributed by atoms with Crippen LogP contribution in [0, 0.1) is 0 Å².